The molecule has 116 valence electrons. The molecule has 0 unspecified atom stereocenters. The Hall–Kier alpha value is -1.42. The van der Waals surface area contributed by atoms with Crippen molar-refractivity contribution in [1.29, 1.82) is 0 Å². The zero-order chi connectivity index (χ0) is 15.6. The van der Waals surface area contributed by atoms with E-state index in [0.717, 1.165) is 32.0 Å². The van der Waals surface area contributed by atoms with Gasteiger partial charge in [0.25, 0.3) is 0 Å². The Labute approximate surface area is 125 Å². The topological polar surface area (TPSA) is 40.5 Å². The van der Waals surface area contributed by atoms with E-state index in [1.165, 1.54) is 19.4 Å². The summed E-state index contributed by atoms with van der Waals surface area (Å²) in [5, 5.41) is 10.2. The first-order valence-corrected chi connectivity index (χ1v) is 7.53. The van der Waals surface area contributed by atoms with Crippen molar-refractivity contribution >= 4 is 5.78 Å². The van der Waals surface area contributed by atoms with E-state index in [1.807, 2.05) is 0 Å². The van der Waals surface area contributed by atoms with Crippen molar-refractivity contribution in [3.05, 3.63) is 29.1 Å². The van der Waals surface area contributed by atoms with Crippen LogP contribution in [0.5, 0.6) is 5.75 Å². The second-order valence-electron chi connectivity index (χ2n) is 6.81. The van der Waals surface area contributed by atoms with Crippen molar-refractivity contribution in [2.24, 2.45) is 5.41 Å². The molecule has 21 heavy (non-hydrogen) atoms. The van der Waals surface area contributed by atoms with Crippen molar-refractivity contribution in [1.82, 2.24) is 4.90 Å². The molecule has 0 saturated carbocycles. The van der Waals surface area contributed by atoms with Gasteiger partial charge in [0, 0.05) is 12.1 Å². The SMILES string of the molecule is CC(=O)c1cc(F)cc(CN2CCCC(C)(C)CC2)c1O. The van der Waals surface area contributed by atoms with Crippen molar-refractivity contribution in [3.63, 3.8) is 0 Å². The number of nitrogens with zero attached hydrogens (tertiary/aromatic N) is 1. The Bertz CT molecular complexity index is 540. The van der Waals surface area contributed by atoms with Gasteiger partial charge in [-0.3, -0.25) is 9.69 Å². The van der Waals surface area contributed by atoms with Crippen LogP contribution in [0.3, 0.4) is 0 Å². The summed E-state index contributed by atoms with van der Waals surface area (Å²) >= 11 is 0. The highest BCUT2D eigenvalue weighted by molar-refractivity contribution is 5.97. The molecule has 1 aromatic carbocycles. The van der Waals surface area contributed by atoms with Crippen LogP contribution in [0.2, 0.25) is 0 Å². The van der Waals surface area contributed by atoms with Crippen molar-refractivity contribution in [2.45, 2.75) is 46.6 Å². The lowest BCUT2D eigenvalue weighted by Gasteiger charge is -2.23. The Morgan fingerprint density at radius 2 is 2.05 bits per heavy atom. The summed E-state index contributed by atoms with van der Waals surface area (Å²) in [7, 11) is 0. The van der Waals surface area contributed by atoms with Crippen LogP contribution in [0.15, 0.2) is 12.1 Å². The molecular weight excluding hydrogens is 269 g/mol. The number of phenolic OH excluding ortho intramolecular Hbond substituents is 1. The quantitative estimate of drug-likeness (QED) is 0.863. The number of benzene rings is 1. The first-order chi connectivity index (χ1) is 9.78. The van der Waals surface area contributed by atoms with Gasteiger partial charge in [0.1, 0.15) is 11.6 Å². The monoisotopic (exact) mass is 293 g/mol. The normalized spacial score (nSPS) is 19.2. The number of hydrogen-bond acceptors (Lipinski definition) is 3. The minimum atomic E-state index is -0.469. The van der Waals surface area contributed by atoms with Crippen LogP contribution < -0.4 is 0 Å². The number of halogens is 1. The largest absolute Gasteiger partial charge is 0.507 e. The van der Waals surface area contributed by atoms with Gasteiger partial charge in [-0.05, 0) is 56.8 Å². The molecule has 1 aliphatic heterocycles. The fourth-order valence-electron chi connectivity index (χ4n) is 2.92. The highest BCUT2D eigenvalue weighted by atomic mass is 19.1. The van der Waals surface area contributed by atoms with Gasteiger partial charge in [-0.15, -0.1) is 0 Å². The molecular formula is C17H24FNO2. The molecule has 0 aliphatic carbocycles. The number of phenols is 1. The fourth-order valence-corrected chi connectivity index (χ4v) is 2.92. The van der Waals surface area contributed by atoms with Gasteiger partial charge in [-0.2, -0.15) is 0 Å². The molecule has 0 aromatic heterocycles. The first-order valence-electron chi connectivity index (χ1n) is 7.53. The Morgan fingerprint density at radius 1 is 1.33 bits per heavy atom. The number of Topliss-reactive ketones (excluding diaryl/α,β-unsaturated/α-hetero) is 1. The highest BCUT2D eigenvalue weighted by Gasteiger charge is 2.24. The van der Waals surface area contributed by atoms with Crippen LogP contribution in [0, 0.1) is 11.2 Å². The van der Waals surface area contributed by atoms with E-state index in [-0.39, 0.29) is 17.1 Å². The predicted octanol–water partition coefficient (Wildman–Crippen LogP) is 3.75. The van der Waals surface area contributed by atoms with Crippen molar-refractivity contribution < 1.29 is 14.3 Å². The van der Waals surface area contributed by atoms with Gasteiger partial charge < -0.3 is 5.11 Å². The summed E-state index contributed by atoms with van der Waals surface area (Å²) in [5.41, 5.74) is 0.906. The third-order valence-electron chi connectivity index (χ3n) is 4.36. The van der Waals surface area contributed by atoms with Crippen LogP contribution in [-0.4, -0.2) is 28.9 Å². The van der Waals surface area contributed by atoms with E-state index >= 15 is 0 Å². The summed E-state index contributed by atoms with van der Waals surface area (Å²) in [6.07, 6.45) is 3.36. The third-order valence-corrected chi connectivity index (χ3v) is 4.36. The predicted molar refractivity (Wildman–Crippen MR) is 81.0 cm³/mol. The van der Waals surface area contributed by atoms with E-state index in [9.17, 15) is 14.3 Å². The molecule has 1 N–H and O–H groups in total. The molecule has 1 aliphatic rings. The number of hydrogen-bond donors (Lipinski definition) is 1. The Balaban J connectivity index is 2.18. The zero-order valence-electron chi connectivity index (χ0n) is 13.1. The van der Waals surface area contributed by atoms with Gasteiger partial charge in [0.15, 0.2) is 5.78 Å². The summed E-state index contributed by atoms with van der Waals surface area (Å²) in [6, 6.07) is 2.44. The van der Waals surface area contributed by atoms with Gasteiger partial charge >= 0.3 is 0 Å². The second-order valence-corrected chi connectivity index (χ2v) is 6.81. The minimum Gasteiger partial charge on any atom is -0.507 e. The molecule has 0 amide bonds. The van der Waals surface area contributed by atoms with Crippen molar-refractivity contribution in [3.8, 4) is 5.75 Å². The van der Waals surface area contributed by atoms with E-state index in [1.54, 1.807) is 0 Å². The molecule has 4 heteroatoms. The lowest BCUT2D eigenvalue weighted by Crippen LogP contribution is -2.25. The van der Waals surface area contributed by atoms with Crippen LogP contribution in [0.4, 0.5) is 4.39 Å². The average molecular weight is 293 g/mol. The number of likely N-dealkylation sites (tertiary alicyclic amines) is 1. The van der Waals surface area contributed by atoms with Crippen LogP contribution in [-0.2, 0) is 6.54 Å². The third kappa shape index (κ3) is 4.03. The maximum Gasteiger partial charge on any atom is 0.163 e. The van der Waals surface area contributed by atoms with Gasteiger partial charge in [-0.1, -0.05) is 13.8 Å². The van der Waals surface area contributed by atoms with E-state index in [0.29, 0.717) is 17.5 Å². The Morgan fingerprint density at radius 3 is 2.71 bits per heavy atom. The van der Waals surface area contributed by atoms with Gasteiger partial charge in [0.05, 0.1) is 5.56 Å². The van der Waals surface area contributed by atoms with Crippen LogP contribution in [0.25, 0.3) is 0 Å². The van der Waals surface area contributed by atoms with Gasteiger partial charge in [-0.25, -0.2) is 4.39 Å². The van der Waals surface area contributed by atoms with Gasteiger partial charge in [0.2, 0.25) is 0 Å². The number of aromatic hydroxyl groups is 1. The number of carbonyl (C=O) groups excluding carboxylic acids is 1. The molecule has 3 nitrogen and oxygen atoms in total. The molecule has 1 heterocycles. The lowest BCUT2D eigenvalue weighted by molar-refractivity contribution is 0.101. The summed E-state index contributed by atoms with van der Waals surface area (Å²) in [6.45, 7) is 8.23. The lowest BCUT2D eigenvalue weighted by atomic mass is 9.85. The Kier molecular flexibility index (Phi) is 4.67. The molecule has 1 aromatic rings. The molecule has 1 fully saturated rings. The smallest absolute Gasteiger partial charge is 0.163 e. The zero-order valence-corrected chi connectivity index (χ0v) is 13.1. The number of carbonyl (C=O) groups is 1. The summed E-state index contributed by atoms with van der Waals surface area (Å²) in [5.74, 6) is -0.860. The second kappa shape index (κ2) is 6.14. The molecule has 1 saturated heterocycles. The molecule has 0 spiro atoms. The van der Waals surface area contributed by atoms with Crippen LogP contribution in [0.1, 0.15) is 56.0 Å². The number of rotatable bonds is 3. The highest BCUT2D eigenvalue weighted by Crippen LogP contribution is 2.32. The first kappa shape index (κ1) is 16.0. The fraction of sp³-hybridized carbons (Fsp3) is 0.588. The van der Waals surface area contributed by atoms with Crippen molar-refractivity contribution in [2.75, 3.05) is 13.1 Å². The maximum absolute atomic E-state index is 13.6. The van der Waals surface area contributed by atoms with E-state index in [4.69, 9.17) is 0 Å². The van der Waals surface area contributed by atoms with E-state index in [2.05, 4.69) is 18.7 Å². The minimum absolute atomic E-state index is 0.0696. The molecule has 2 rings (SSSR count). The summed E-state index contributed by atoms with van der Waals surface area (Å²) < 4.78 is 13.6. The maximum atomic E-state index is 13.6. The average Bonchev–Trinajstić information content (AvgIpc) is 2.54. The molecule has 0 bridgehead atoms. The number of ketones is 1. The molecule has 0 atom stereocenters. The van der Waals surface area contributed by atoms with Crippen LogP contribution >= 0.6 is 0 Å². The standard InChI is InChI=1S/C17H24FNO2/c1-12(20)15-10-14(18)9-13(16(15)21)11-19-7-4-5-17(2,3)6-8-19/h9-10,21H,4-8,11H2,1-3H3. The molecule has 0 radical (unpaired) electrons. The van der Waals surface area contributed by atoms with E-state index < -0.39 is 5.82 Å². The summed E-state index contributed by atoms with van der Waals surface area (Å²) in [4.78, 5) is 13.7.